The SMILES string of the molecule is CC1=C(C(=O)c2ccccc2)C(c2ccccc2)NC(=S)N1C. The molecule has 0 amide bonds. The molecule has 0 bridgehead atoms. The van der Waals surface area contributed by atoms with Gasteiger partial charge in [0, 0.05) is 23.9 Å². The van der Waals surface area contributed by atoms with E-state index < -0.39 is 0 Å². The van der Waals surface area contributed by atoms with Crippen LogP contribution in [-0.4, -0.2) is 22.8 Å². The average Bonchev–Trinajstić information content (AvgIpc) is 2.60. The number of rotatable bonds is 3. The number of carbonyl (C=O) groups excluding carboxylic acids is 1. The number of Topliss-reactive ketones (excluding diaryl/α,β-unsaturated/α-hetero) is 1. The highest BCUT2D eigenvalue weighted by Crippen LogP contribution is 2.32. The van der Waals surface area contributed by atoms with E-state index in [0.717, 1.165) is 16.8 Å². The van der Waals surface area contributed by atoms with Crippen LogP contribution in [0.5, 0.6) is 0 Å². The van der Waals surface area contributed by atoms with Gasteiger partial charge in [0.1, 0.15) is 0 Å². The van der Waals surface area contributed by atoms with Crippen molar-refractivity contribution in [2.45, 2.75) is 13.0 Å². The molecule has 2 aromatic rings. The minimum Gasteiger partial charge on any atom is -0.351 e. The van der Waals surface area contributed by atoms with E-state index in [1.54, 1.807) is 0 Å². The molecule has 2 aromatic carbocycles. The van der Waals surface area contributed by atoms with Crippen molar-refractivity contribution in [2.75, 3.05) is 7.05 Å². The predicted octanol–water partition coefficient (Wildman–Crippen LogP) is 3.70. The molecule has 3 rings (SSSR count). The van der Waals surface area contributed by atoms with Crippen LogP contribution in [0, 0.1) is 0 Å². The van der Waals surface area contributed by atoms with E-state index in [-0.39, 0.29) is 11.8 Å². The number of hydrogen-bond acceptors (Lipinski definition) is 2. The number of carbonyl (C=O) groups is 1. The zero-order valence-electron chi connectivity index (χ0n) is 13.1. The largest absolute Gasteiger partial charge is 0.351 e. The molecule has 0 radical (unpaired) electrons. The van der Waals surface area contributed by atoms with Crippen molar-refractivity contribution in [3.8, 4) is 0 Å². The number of hydrogen-bond donors (Lipinski definition) is 1. The summed E-state index contributed by atoms with van der Waals surface area (Å²) >= 11 is 5.41. The van der Waals surface area contributed by atoms with Gasteiger partial charge in [0.15, 0.2) is 10.9 Å². The van der Waals surface area contributed by atoms with Gasteiger partial charge in [0.05, 0.1) is 6.04 Å². The normalized spacial score (nSPS) is 17.9. The molecule has 0 spiro atoms. The third kappa shape index (κ3) is 2.90. The van der Waals surface area contributed by atoms with Gasteiger partial charge in [-0.15, -0.1) is 0 Å². The number of nitrogens with zero attached hydrogens (tertiary/aromatic N) is 1. The van der Waals surface area contributed by atoms with Crippen LogP contribution in [0.1, 0.15) is 28.9 Å². The van der Waals surface area contributed by atoms with Crippen molar-refractivity contribution in [1.29, 1.82) is 0 Å². The fourth-order valence-electron chi connectivity index (χ4n) is 2.77. The molecule has 1 aliphatic rings. The van der Waals surface area contributed by atoms with E-state index >= 15 is 0 Å². The van der Waals surface area contributed by atoms with E-state index in [1.165, 1.54) is 0 Å². The van der Waals surface area contributed by atoms with Crippen LogP contribution < -0.4 is 5.32 Å². The standard InChI is InChI=1S/C19H18N2OS/c1-13-16(18(22)15-11-7-4-8-12-15)17(20-19(23)21(13)2)14-9-5-3-6-10-14/h3-12,17H,1-2H3,(H,20,23). The second-order valence-electron chi connectivity index (χ2n) is 5.55. The number of allylic oxidation sites excluding steroid dienone is 1. The molecule has 1 heterocycles. The Balaban J connectivity index is 2.11. The Labute approximate surface area is 141 Å². The van der Waals surface area contributed by atoms with E-state index in [0.29, 0.717) is 10.7 Å². The molecule has 116 valence electrons. The first-order valence-electron chi connectivity index (χ1n) is 7.49. The lowest BCUT2D eigenvalue weighted by Crippen LogP contribution is -2.45. The number of nitrogens with one attached hydrogen (secondary N) is 1. The first kappa shape index (κ1) is 15.4. The third-order valence-electron chi connectivity index (χ3n) is 4.17. The highest BCUT2D eigenvalue weighted by atomic mass is 32.1. The van der Waals surface area contributed by atoms with Gasteiger partial charge >= 0.3 is 0 Å². The van der Waals surface area contributed by atoms with Crippen LogP contribution in [0.25, 0.3) is 0 Å². The molecular formula is C19H18N2OS. The Morgan fingerprint density at radius 2 is 1.61 bits per heavy atom. The number of thiocarbonyl (C=S) groups is 1. The maximum absolute atomic E-state index is 13.1. The Hall–Kier alpha value is -2.46. The number of benzene rings is 2. The van der Waals surface area contributed by atoms with E-state index in [9.17, 15) is 4.79 Å². The topological polar surface area (TPSA) is 32.3 Å². The monoisotopic (exact) mass is 322 g/mol. The number of ketones is 1. The molecule has 1 aliphatic heterocycles. The predicted molar refractivity (Wildman–Crippen MR) is 96.2 cm³/mol. The van der Waals surface area contributed by atoms with Gasteiger partial charge in [-0.05, 0) is 24.7 Å². The first-order chi connectivity index (χ1) is 11.1. The van der Waals surface area contributed by atoms with Crippen molar-refractivity contribution in [3.05, 3.63) is 83.1 Å². The lowest BCUT2D eigenvalue weighted by atomic mass is 9.89. The quantitative estimate of drug-likeness (QED) is 0.690. The molecule has 1 N–H and O–H groups in total. The summed E-state index contributed by atoms with van der Waals surface area (Å²) in [6, 6.07) is 19.1. The van der Waals surface area contributed by atoms with Crippen molar-refractivity contribution in [3.63, 3.8) is 0 Å². The minimum absolute atomic E-state index is 0.0267. The van der Waals surface area contributed by atoms with E-state index in [1.807, 2.05) is 79.5 Å². The third-order valence-corrected chi connectivity index (χ3v) is 4.56. The van der Waals surface area contributed by atoms with Gasteiger partial charge in [0.25, 0.3) is 0 Å². The summed E-state index contributed by atoms with van der Waals surface area (Å²) in [6.45, 7) is 1.94. The van der Waals surface area contributed by atoms with Crippen molar-refractivity contribution >= 4 is 23.1 Å². The van der Waals surface area contributed by atoms with Gasteiger partial charge < -0.3 is 10.2 Å². The highest BCUT2D eigenvalue weighted by Gasteiger charge is 2.32. The van der Waals surface area contributed by atoms with Crippen LogP contribution in [0.2, 0.25) is 0 Å². The maximum Gasteiger partial charge on any atom is 0.193 e. The molecule has 0 saturated heterocycles. The van der Waals surface area contributed by atoms with Gasteiger partial charge in [0.2, 0.25) is 0 Å². The van der Waals surface area contributed by atoms with Crippen LogP contribution in [0.3, 0.4) is 0 Å². The smallest absolute Gasteiger partial charge is 0.193 e. The summed E-state index contributed by atoms with van der Waals surface area (Å²) in [6.07, 6.45) is 0. The first-order valence-corrected chi connectivity index (χ1v) is 7.90. The fourth-order valence-corrected chi connectivity index (χ4v) is 3.03. The Bertz CT molecular complexity index is 768. The van der Waals surface area contributed by atoms with Crippen LogP contribution in [0.15, 0.2) is 71.9 Å². The Kier molecular flexibility index (Phi) is 4.26. The average molecular weight is 322 g/mol. The molecule has 1 unspecified atom stereocenters. The van der Waals surface area contributed by atoms with Gasteiger partial charge in [-0.2, -0.15) is 0 Å². The molecular weight excluding hydrogens is 304 g/mol. The molecule has 0 fully saturated rings. The lowest BCUT2D eigenvalue weighted by Gasteiger charge is -2.35. The van der Waals surface area contributed by atoms with Crippen LogP contribution in [0.4, 0.5) is 0 Å². The Morgan fingerprint density at radius 1 is 1.04 bits per heavy atom. The van der Waals surface area contributed by atoms with E-state index in [4.69, 9.17) is 12.2 Å². The summed E-state index contributed by atoms with van der Waals surface area (Å²) in [5.74, 6) is 0.0267. The van der Waals surface area contributed by atoms with Crippen molar-refractivity contribution in [2.24, 2.45) is 0 Å². The molecule has 0 saturated carbocycles. The molecule has 1 atom stereocenters. The van der Waals surface area contributed by atoms with Crippen LogP contribution in [-0.2, 0) is 0 Å². The minimum atomic E-state index is -0.229. The zero-order valence-corrected chi connectivity index (χ0v) is 13.9. The molecule has 23 heavy (non-hydrogen) atoms. The second-order valence-corrected chi connectivity index (χ2v) is 5.93. The lowest BCUT2D eigenvalue weighted by molar-refractivity contribution is 0.102. The van der Waals surface area contributed by atoms with Crippen LogP contribution >= 0.6 is 12.2 Å². The summed E-state index contributed by atoms with van der Waals surface area (Å²) in [4.78, 5) is 14.9. The molecule has 0 aromatic heterocycles. The molecule has 3 nitrogen and oxygen atoms in total. The Morgan fingerprint density at radius 3 is 2.22 bits per heavy atom. The van der Waals surface area contributed by atoms with Crippen molar-refractivity contribution < 1.29 is 4.79 Å². The summed E-state index contributed by atoms with van der Waals surface area (Å²) in [5, 5.41) is 3.92. The second kappa shape index (κ2) is 6.34. The maximum atomic E-state index is 13.1. The van der Waals surface area contributed by atoms with E-state index in [2.05, 4.69) is 5.32 Å². The van der Waals surface area contributed by atoms with Crippen molar-refractivity contribution in [1.82, 2.24) is 10.2 Å². The highest BCUT2D eigenvalue weighted by molar-refractivity contribution is 7.80. The summed E-state index contributed by atoms with van der Waals surface area (Å²) < 4.78 is 0. The molecule has 4 heteroatoms. The van der Waals surface area contributed by atoms with Gasteiger partial charge in [-0.1, -0.05) is 60.7 Å². The van der Waals surface area contributed by atoms with Gasteiger partial charge in [-0.3, -0.25) is 4.79 Å². The zero-order chi connectivity index (χ0) is 16.4. The van der Waals surface area contributed by atoms with Gasteiger partial charge in [-0.25, -0.2) is 0 Å². The summed E-state index contributed by atoms with van der Waals surface area (Å²) in [5.41, 5.74) is 3.34. The molecule has 0 aliphatic carbocycles. The summed E-state index contributed by atoms with van der Waals surface area (Å²) in [7, 11) is 1.88. The fraction of sp³-hybridized carbons (Fsp3) is 0.158.